The van der Waals surface area contributed by atoms with Crippen LogP contribution in [0.4, 0.5) is 5.69 Å². The Labute approximate surface area is 158 Å². The number of hydrogen-bond acceptors (Lipinski definition) is 3. The SMILES string of the molecule is S=C(N/N=C\c1cccc(OCc2ccccc2)c1)Nc1ccccc1. The number of thiocarbonyl (C=S) groups is 1. The van der Waals surface area contributed by atoms with Crippen molar-refractivity contribution >= 4 is 29.2 Å². The first-order valence-corrected chi connectivity index (χ1v) is 8.62. The minimum atomic E-state index is 0.434. The molecule has 3 aromatic carbocycles. The molecule has 0 aliphatic heterocycles. The predicted octanol–water partition coefficient (Wildman–Crippen LogP) is 4.59. The first-order chi connectivity index (χ1) is 12.8. The molecule has 0 unspecified atom stereocenters. The first kappa shape index (κ1) is 17.6. The van der Waals surface area contributed by atoms with Crippen LogP contribution in [0.25, 0.3) is 0 Å². The summed E-state index contributed by atoms with van der Waals surface area (Å²) in [7, 11) is 0. The highest BCUT2D eigenvalue weighted by atomic mass is 32.1. The summed E-state index contributed by atoms with van der Waals surface area (Å²) in [5, 5.41) is 7.66. The molecule has 3 rings (SSSR count). The first-order valence-electron chi connectivity index (χ1n) is 8.21. The summed E-state index contributed by atoms with van der Waals surface area (Å²) >= 11 is 5.21. The molecule has 0 bridgehead atoms. The minimum absolute atomic E-state index is 0.434. The highest BCUT2D eigenvalue weighted by Gasteiger charge is 1.98. The number of hydrogen-bond donors (Lipinski definition) is 2. The van der Waals surface area contributed by atoms with Crippen molar-refractivity contribution in [2.75, 3.05) is 5.32 Å². The van der Waals surface area contributed by atoms with Crippen LogP contribution in [0.2, 0.25) is 0 Å². The summed E-state index contributed by atoms with van der Waals surface area (Å²) < 4.78 is 5.82. The molecule has 3 aromatic rings. The summed E-state index contributed by atoms with van der Waals surface area (Å²) in [5.41, 5.74) is 5.77. The quantitative estimate of drug-likeness (QED) is 0.383. The van der Waals surface area contributed by atoms with E-state index in [2.05, 4.69) is 15.8 Å². The second-order valence-corrected chi connectivity index (χ2v) is 5.95. The van der Waals surface area contributed by atoms with Gasteiger partial charge in [0.2, 0.25) is 0 Å². The zero-order chi connectivity index (χ0) is 18.0. The third-order valence-corrected chi connectivity index (χ3v) is 3.71. The fraction of sp³-hybridized carbons (Fsp3) is 0.0476. The molecule has 5 heteroatoms. The fourth-order valence-electron chi connectivity index (χ4n) is 2.27. The van der Waals surface area contributed by atoms with Gasteiger partial charge < -0.3 is 10.1 Å². The van der Waals surface area contributed by atoms with Gasteiger partial charge in [0.1, 0.15) is 12.4 Å². The van der Waals surface area contributed by atoms with Gasteiger partial charge in [0, 0.05) is 5.69 Å². The molecule has 0 fully saturated rings. The molecule has 0 radical (unpaired) electrons. The van der Waals surface area contributed by atoms with Crippen LogP contribution in [-0.2, 0) is 6.61 Å². The molecule has 0 spiro atoms. The van der Waals surface area contributed by atoms with Crippen molar-refractivity contribution in [1.82, 2.24) is 5.43 Å². The van der Waals surface area contributed by atoms with Crippen molar-refractivity contribution in [2.24, 2.45) is 5.10 Å². The van der Waals surface area contributed by atoms with Crippen LogP contribution in [0, 0.1) is 0 Å². The molecule has 0 heterocycles. The number of rotatable bonds is 6. The van der Waals surface area contributed by atoms with Gasteiger partial charge in [-0.1, -0.05) is 60.7 Å². The smallest absolute Gasteiger partial charge is 0.191 e. The van der Waals surface area contributed by atoms with Gasteiger partial charge in [-0.2, -0.15) is 5.10 Å². The van der Waals surface area contributed by atoms with E-state index in [1.807, 2.05) is 84.9 Å². The molecule has 4 nitrogen and oxygen atoms in total. The molecule has 0 aliphatic rings. The summed E-state index contributed by atoms with van der Waals surface area (Å²) in [5.74, 6) is 0.794. The monoisotopic (exact) mass is 361 g/mol. The van der Waals surface area contributed by atoms with E-state index in [0.29, 0.717) is 11.7 Å². The Hall–Kier alpha value is -3.18. The second-order valence-electron chi connectivity index (χ2n) is 5.54. The Bertz CT molecular complexity index is 867. The molecule has 2 N–H and O–H groups in total. The van der Waals surface area contributed by atoms with Gasteiger partial charge in [0.25, 0.3) is 0 Å². The van der Waals surface area contributed by atoms with Crippen molar-refractivity contribution < 1.29 is 4.74 Å². The van der Waals surface area contributed by atoms with Gasteiger partial charge in [-0.3, -0.25) is 5.43 Å². The Balaban J connectivity index is 1.51. The number of nitrogens with one attached hydrogen (secondary N) is 2. The van der Waals surface area contributed by atoms with Gasteiger partial charge in [-0.25, -0.2) is 0 Å². The van der Waals surface area contributed by atoms with Crippen molar-refractivity contribution in [2.45, 2.75) is 6.61 Å². The van der Waals surface area contributed by atoms with Gasteiger partial charge >= 0.3 is 0 Å². The maximum absolute atomic E-state index is 5.82. The van der Waals surface area contributed by atoms with E-state index >= 15 is 0 Å². The number of anilines is 1. The van der Waals surface area contributed by atoms with E-state index < -0.39 is 0 Å². The molecule has 130 valence electrons. The predicted molar refractivity (Wildman–Crippen MR) is 111 cm³/mol. The molecule has 0 atom stereocenters. The zero-order valence-electron chi connectivity index (χ0n) is 14.1. The van der Waals surface area contributed by atoms with E-state index in [-0.39, 0.29) is 0 Å². The van der Waals surface area contributed by atoms with Crippen LogP contribution >= 0.6 is 12.2 Å². The van der Waals surface area contributed by atoms with E-state index in [0.717, 1.165) is 22.6 Å². The lowest BCUT2D eigenvalue weighted by Crippen LogP contribution is -2.23. The average Bonchev–Trinajstić information content (AvgIpc) is 2.68. The molecular formula is C21H19N3OS. The maximum atomic E-state index is 5.82. The lowest BCUT2D eigenvalue weighted by molar-refractivity contribution is 0.306. The Kier molecular flexibility index (Phi) is 6.34. The summed E-state index contributed by atoms with van der Waals surface area (Å²) in [6.07, 6.45) is 1.70. The standard InChI is InChI=1S/C21H19N3OS/c26-21(23-19-11-5-2-6-12-19)24-22-15-18-10-7-13-20(14-18)25-16-17-8-3-1-4-9-17/h1-15H,16H2,(H2,23,24,26)/b22-15-. The van der Waals surface area contributed by atoms with E-state index in [9.17, 15) is 0 Å². The molecule has 0 saturated heterocycles. The summed E-state index contributed by atoms with van der Waals surface area (Å²) in [6.45, 7) is 0.533. The second kappa shape index (κ2) is 9.34. The van der Waals surface area contributed by atoms with Crippen LogP contribution in [0.15, 0.2) is 90.0 Å². The van der Waals surface area contributed by atoms with Crippen LogP contribution in [0.3, 0.4) is 0 Å². The molecular weight excluding hydrogens is 342 g/mol. The Morgan fingerprint density at radius 2 is 1.65 bits per heavy atom. The highest BCUT2D eigenvalue weighted by Crippen LogP contribution is 2.14. The van der Waals surface area contributed by atoms with Crippen molar-refractivity contribution in [1.29, 1.82) is 0 Å². The number of para-hydroxylation sites is 1. The molecule has 0 aromatic heterocycles. The maximum Gasteiger partial charge on any atom is 0.191 e. The average molecular weight is 361 g/mol. The Morgan fingerprint density at radius 1 is 0.923 bits per heavy atom. The van der Waals surface area contributed by atoms with Crippen molar-refractivity contribution in [3.63, 3.8) is 0 Å². The van der Waals surface area contributed by atoms with Gasteiger partial charge in [-0.05, 0) is 47.6 Å². The number of nitrogens with zero attached hydrogens (tertiary/aromatic N) is 1. The van der Waals surface area contributed by atoms with Crippen molar-refractivity contribution in [3.8, 4) is 5.75 Å². The largest absolute Gasteiger partial charge is 0.489 e. The van der Waals surface area contributed by atoms with Gasteiger partial charge in [0.15, 0.2) is 5.11 Å². The van der Waals surface area contributed by atoms with Crippen LogP contribution in [0.1, 0.15) is 11.1 Å². The van der Waals surface area contributed by atoms with E-state index in [1.54, 1.807) is 6.21 Å². The third kappa shape index (κ3) is 5.72. The summed E-state index contributed by atoms with van der Waals surface area (Å²) in [6, 6.07) is 27.5. The van der Waals surface area contributed by atoms with Crippen LogP contribution in [0.5, 0.6) is 5.75 Å². The van der Waals surface area contributed by atoms with Crippen LogP contribution < -0.4 is 15.5 Å². The highest BCUT2D eigenvalue weighted by molar-refractivity contribution is 7.80. The number of benzene rings is 3. The topological polar surface area (TPSA) is 45.7 Å². The van der Waals surface area contributed by atoms with Gasteiger partial charge in [0.05, 0.1) is 6.21 Å². The lowest BCUT2D eigenvalue weighted by Gasteiger charge is -2.07. The minimum Gasteiger partial charge on any atom is -0.489 e. The van der Waals surface area contributed by atoms with E-state index in [1.165, 1.54) is 0 Å². The third-order valence-electron chi connectivity index (χ3n) is 3.52. The number of ether oxygens (including phenoxy) is 1. The normalized spacial score (nSPS) is 10.5. The van der Waals surface area contributed by atoms with E-state index in [4.69, 9.17) is 17.0 Å². The lowest BCUT2D eigenvalue weighted by atomic mass is 10.2. The fourth-order valence-corrected chi connectivity index (χ4v) is 2.44. The number of hydrazone groups is 1. The van der Waals surface area contributed by atoms with Crippen LogP contribution in [-0.4, -0.2) is 11.3 Å². The zero-order valence-corrected chi connectivity index (χ0v) is 14.9. The molecule has 26 heavy (non-hydrogen) atoms. The Morgan fingerprint density at radius 3 is 2.42 bits per heavy atom. The molecule has 0 saturated carbocycles. The van der Waals surface area contributed by atoms with Crippen molar-refractivity contribution in [3.05, 3.63) is 96.1 Å². The van der Waals surface area contributed by atoms with Gasteiger partial charge in [-0.15, -0.1) is 0 Å². The molecule has 0 amide bonds. The summed E-state index contributed by atoms with van der Waals surface area (Å²) in [4.78, 5) is 0. The molecule has 0 aliphatic carbocycles.